The van der Waals surface area contributed by atoms with Crippen LogP contribution in [0.15, 0.2) is 72.8 Å². The van der Waals surface area contributed by atoms with Gasteiger partial charge in [-0.3, -0.25) is 19.3 Å². The summed E-state index contributed by atoms with van der Waals surface area (Å²) in [5.41, 5.74) is 3.26. The van der Waals surface area contributed by atoms with Gasteiger partial charge in [0.1, 0.15) is 6.04 Å². The van der Waals surface area contributed by atoms with Crippen LogP contribution in [-0.2, 0) is 11.2 Å². The minimum Gasteiger partial charge on any atom is -0.329 e. The third-order valence-electron chi connectivity index (χ3n) is 5.43. The highest BCUT2D eigenvalue weighted by atomic mass is 35.5. The molecule has 0 fully saturated rings. The van der Waals surface area contributed by atoms with E-state index in [1.165, 1.54) is 0 Å². The lowest BCUT2D eigenvalue weighted by atomic mass is 10.0. The number of halogens is 1. The minimum absolute atomic E-state index is 0.191. The predicted octanol–water partition coefficient (Wildman–Crippen LogP) is 4.06. The van der Waals surface area contributed by atoms with Gasteiger partial charge in [0.15, 0.2) is 0 Å². The first-order valence-electron chi connectivity index (χ1n) is 9.98. The number of hydrogen-bond acceptors (Lipinski definition) is 4. The first-order valence-corrected chi connectivity index (χ1v) is 10.4. The number of hydrogen-bond donors (Lipinski definition) is 2. The van der Waals surface area contributed by atoms with Crippen molar-refractivity contribution in [3.63, 3.8) is 0 Å². The summed E-state index contributed by atoms with van der Waals surface area (Å²) in [6.07, 6.45) is 0.191. The van der Waals surface area contributed by atoms with E-state index in [1.807, 2.05) is 30.3 Å². The Morgan fingerprint density at radius 3 is 2.31 bits per heavy atom. The average molecular weight is 445 g/mol. The van der Waals surface area contributed by atoms with E-state index in [9.17, 15) is 14.4 Å². The molecule has 2 heterocycles. The van der Waals surface area contributed by atoms with Crippen LogP contribution in [0.25, 0.3) is 11.0 Å². The minimum atomic E-state index is -1.02. The highest BCUT2D eigenvalue weighted by molar-refractivity contribution is 6.29. The van der Waals surface area contributed by atoms with Gasteiger partial charge in [-0.25, -0.2) is 4.98 Å². The van der Waals surface area contributed by atoms with Gasteiger partial charge in [0.2, 0.25) is 11.2 Å². The zero-order valence-electron chi connectivity index (χ0n) is 16.7. The van der Waals surface area contributed by atoms with Gasteiger partial charge in [0.25, 0.3) is 11.8 Å². The summed E-state index contributed by atoms with van der Waals surface area (Å²) in [5, 5.41) is 3.08. The number of carbonyl (C=O) groups excluding carboxylic acids is 3. The van der Waals surface area contributed by atoms with Gasteiger partial charge in [-0.2, -0.15) is 0 Å². The molecule has 3 aromatic carbocycles. The van der Waals surface area contributed by atoms with E-state index in [4.69, 9.17) is 11.6 Å². The molecule has 4 aromatic rings. The first kappa shape index (κ1) is 20.0. The Morgan fingerprint density at radius 1 is 0.969 bits per heavy atom. The topological polar surface area (TPSA) is 95.2 Å². The van der Waals surface area contributed by atoms with Crippen LogP contribution in [0.4, 0.5) is 5.69 Å². The van der Waals surface area contributed by atoms with Gasteiger partial charge < -0.3 is 10.3 Å². The maximum absolute atomic E-state index is 13.4. The molecule has 0 saturated heterocycles. The molecule has 1 aromatic heterocycles. The monoisotopic (exact) mass is 444 g/mol. The molecule has 1 aliphatic rings. The van der Waals surface area contributed by atoms with Crippen LogP contribution in [0.2, 0.25) is 5.28 Å². The zero-order valence-corrected chi connectivity index (χ0v) is 17.5. The number of imide groups is 1. The Labute approximate surface area is 188 Å². The lowest BCUT2D eigenvalue weighted by Crippen LogP contribution is -2.48. The van der Waals surface area contributed by atoms with E-state index in [0.717, 1.165) is 10.5 Å². The molecule has 1 aliphatic heterocycles. The number of carbonyl (C=O) groups is 3. The van der Waals surface area contributed by atoms with Crippen LogP contribution in [-0.4, -0.2) is 38.6 Å². The second-order valence-corrected chi connectivity index (χ2v) is 7.84. The number of benzene rings is 3. The van der Waals surface area contributed by atoms with E-state index in [0.29, 0.717) is 27.8 Å². The van der Waals surface area contributed by atoms with Crippen LogP contribution >= 0.6 is 11.6 Å². The number of nitrogens with zero attached hydrogens (tertiary/aromatic N) is 2. The van der Waals surface area contributed by atoms with Crippen molar-refractivity contribution in [1.29, 1.82) is 0 Å². The summed E-state index contributed by atoms with van der Waals surface area (Å²) < 4.78 is 0. The average Bonchev–Trinajstić information content (AvgIpc) is 3.29. The Morgan fingerprint density at radius 2 is 1.62 bits per heavy atom. The largest absolute Gasteiger partial charge is 0.329 e. The van der Waals surface area contributed by atoms with Gasteiger partial charge in [-0.15, -0.1) is 0 Å². The van der Waals surface area contributed by atoms with Crippen LogP contribution in [0, 0.1) is 0 Å². The fraction of sp³-hybridized carbons (Fsp3) is 0.0833. The van der Waals surface area contributed by atoms with Gasteiger partial charge in [-0.1, -0.05) is 42.5 Å². The Balaban J connectivity index is 1.48. The van der Waals surface area contributed by atoms with E-state index in [2.05, 4.69) is 15.3 Å². The fourth-order valence-corrected chi connectivity index (χ4v) is 4.10. The summed E-state index contributed by atoms with van der Waals surface area (Å²) in [7, 11) is 0. The van der Waals surface area contributed by atoms with Crippen LogP contribution in [0.5, 0.6) is 0 Å². The molecular weight excluding hydrogens is 428 g/mol. The van der Waals surface area contributed by atoms with Gasteiger partial charge in [-0.05, 0) is 47.5 Å². The molecule has 0 aliphatic carbocycles. The lowest BCUT2D eigenvalue weighted by molar-refractivity contribution is -0.119. The zero-order chi connectivity index (χ0) is 22.2. The molecule has 5 rings (SSSR count). The molecule has 1 atom stereocenters. The van der Waals surface area contributed by atoms with Crippen LogP contribution < -0.4 is 5.32 Å². The Hall–Kier alpha value is -3.97. The molecule has 2 N–H and O–H groups in total. The summed E-state index contributed by atoms with van der Waals surface area (Å²) >= 11 is 5.91. The number of nitrogens with one attached hydrogen (secondary N) is 2. The number of rotatable bonds is 5. The number of amides is 3. The second-order valence-electron chi connectivity index (χ2n) is 7.48. The summed E-state index contributed by atoms with van der Waals surface area (Å²) in [6.45, 7) is 0. The van der Waals surface area contributed by atoms with Crippen molar-refractivity contribution in [3.8, 4) is 0 Å². The molecule has 1 unspecified atom stereocenters. The maximum atomic E-state index is 13.4. The molecule has 0 bridgehead atoms. The Kier molecular flexibility index (Phi) is 4.95. The van der Waals surface area contributed by atoms with Gasteiger partial charge >= 0.3 is 0 Å². The summed E-state index contributed by atoms with van der Waals surface area (Å²) in [6, 6.07) is 20.0. The number of aromatic amines is 1. The van der Waals surface area contributed by atoms with E-state index >= 15 is 0 Å². The fourth-order valence-electron chi connectivity index (χ4n) is 3.91. The van der Waals surface area contributed by atoms with Crippen molar-refractivity contribution in [2.75, 3.05) is 5.32 Å². The molecule has 0 spiro atoms. The first-order chi connectivity index (χ1) is 15.5. The van der Waals surface area contributed by atoms with Crippen molar-refractivity contribution >= 4 is 46.0 Å². The number of fused-ring (bicyclic) bond motifs is 2. The molecule has 32 heavy (non-hydrogen) atoms. The quantitative estimate of drug-likeness (QED) is 0.454. The van der Waals surface area contributed by atoms with E-state index < -0.39 is 23.8 Å². The molecule has 158 valence electrons. The lowest BCUT2D eigenvalue weighted by Gasteiger charge is -2.25. The number of anilines is 1. The molecule has 0 radical (unpaired) electrons. The second kappa shape index (κ2) is 7.94. The van der Waals surface area contributed by atoms with Crippen molar-refractivity contribution in [2.45, 2.75) is 12.5 Å². The third kappa shape index (κ3) is 3.52. The van der Waals surface area contributed by atoms with Crippen molar-refractivity contribution < 1.29 is 14.4 Å². The molecular formula is C24H17ClN4O3. The van der Waals surface area contributed by atoms with Crippen molar-refractivity contribution in [1.82, 2.24) is 14.9 Å². The van der Waals surface area contributed by atoms with Crippen LogP contribution in [0.1, 0.15) is 26.3 Å². The molecule has 0 saturated carbocycles. The third-order valence-corrected chi connectivity index (χ3v) is 5.61. The smallest absolute Gasteiger partial charge is 0.262 e. The van der Waals surface area contributed by atoms with E-state index in [1.54, 1.807) is 42.5 Å². The normalized spacial score (nSPS) is 14.0. The van der Waals surface area contributed by atoms with Gasteiger partial charge in [0, 0.05) is 12.1 Å². The maximum Gasteiger partial charge on any atom is 0.262 e. The van der Waals surface area contributed by atoms with Crippen molar-refractivity contribution in [2.24, 2.45) is 0 Å². The molecule has 7 nitrogen and oxygen atoms in total. The Bertz CT molecular complexity index is 1330. The standard InChI is InChI=1S/C24H17ClN4O3/c25-24-27-18-11-10-15(13-19(18)28-24)26-21(30)20(12-14-6-2-1-3-7-14)29-22(31)16-8-4-5-9-17(16)23(29)32/h1-11,13,20H,12H2,(H,26,30)(H,27,28). The predicted molar refractivity (Wildman–Crippen MR) is 121 cm³/mol. The highest BCUT2D eigenvalue weighted by Crippen LogP contribution is 2.27. The van der Waals surface area contributed by atoms with Gasteiger partial charge in [0.05, 0.1) is 22.2 Å². The summed E-state index contributed by atoms with van der Waals surface area (Å²) in [4.78, 5) is 47.6. The highest BCUT2D eigenvalue weighted by Gasteiger charge is 2.42. The van der Waals surface area contributed by atoms with Crippen molar-refractivity contribution in [3.05, 3.63) is 94.8 Å². The SMILES string of the molecule is O=C(Nc1ccc2nc(Cl)[nH]c2c1)C(Cc1ccccc1)N1C(=O)c2ccccc2C1=O. The number of imidazole rings is 1. The molecule has 3 amide bonds. The number of H-pyrrole nitrogens is 1. The van der Waals surface area contributed by atoms with E-state index in [-0.39, 0.29) is 11.7 Å². The molecule has 8 heteroatoms. The summed E-state index contributed by atoms with van der Waals surface area (Å²) in [5.74, 6) is -1.41. The van der Waals surface area contributed by atoms with Crippen LogP contribution in [0.3, 0.4) is 0 Å². The number of aromatic nitrogens is 2.